The Bertz CT molecular complexity index is 693. The van der Waals surface area contributed by atoms with Gasteiger partial charge in [0.1, 0.15) is 0 Å². The molecule has 1 aliphatic heterocycles. The number of amides is 1. The molecule has 0 aromatic heterocycles. The van der Waals surface area contributed by atoms with Crippen LogP contribution in [-0.2, 0) is 12.8 Å². The van der Waals surface area contributed by atoms with Gasteiger partial charge in [-0.15, -0.1) is 0 Å². The Kier molecular flexibility index (Phi) is 7.11. The third-order valence-corrected chi connectivity index (χ3v) is 6.43. The summed E-state index contributed by atoms with van der Waals surface area (Å²) in [6.45, 7) is 7.81. The first-order valence-corrected chi connectivity index (χ1v) is 10.8. The highest BCUT2D eigenvalue weighted by Gasteiger charge is 2.24. The van der Waals surface area contributed by atoms with Crippen molar-refractivity contribution < 1.29 is 14.7 Å². The average Bonchev–Trinajstić information content (AvgIpc) is 2.88. The van der Waals surface area contributed by atoms with E-state index in [0.717, 1.165) is 56.8 Å². The zero-order valence-electron chi connectivity index (χ0n) is 17.2. The molecule has 5 heteroatoms. The molecule has 1 amide bonds. The summed E-state index contributed by atoms with van der Waals surface area (Å²) in [6.07, 6.45) is 5.81. The van der Waals surface area contributed by atoms with E-state index in [4.69, 9.17) is 5.11 Å². The largest absolute Gasteiger partial charge is 0.465 e. The molecule has 154 valence electrons. The highest BCUT2D eigenvalue weighted by atomic mass is 16.4. The van der Waals surface area contributed by atoms with Crippen LogP contribution in [0, 0.1) is 17.8 Å². The Hall–Kier alpha value is -1.88. The van der Waals surface area contributed by atoms with E-state index in [1.54, 1.807) is 0 Å². The second-order valence-electron chi connectivity index (χ2n) is 8.88. The minimum atomic E-state index is -0.912. The molecule has 1 aliphatic carbocycles. The smallest absolute Gasteiger partial charge is 0.404 e. The van der Waals surface area contributed by atoms with Crippen molar-refractivity contribution in [3.63, 3.8) is 0 Å². The van der Waals surface area contributed by atoms with Crippen LogP contribution in [0.15, 0.2) is 18.2 Å². The van der Waals surface area contributed by atoms with Crippen molar-refractivity contribution in [3.05, 3.63) is 34.9 Å². The monoisotopic (exact) mass is 386 g/mol. The van der Waals surface area contributed by atoms with Crippen molar-refractivity contribution in [2.24, 2.45) is 17.8 Å². The van der Waals surface area contributed by atoms with Gasteiger partial charge in [0, 0.05) is 37.7 Å². The minimum Gasteiger partial charge on any atom is -0.465 e. The van der Waals surface area contributed by atoms with E-state index in [0.29, 0.717) is 12.5 Å². The topological polar surface area (TPSA) is 69.6 Å². The van der Waals surface area contributed by atoms with Crippen LogP contribution in [0.3, 0.4) is 0 Å². The number of hydrogen-bond acceptors (Lipinski definition) is 3. The van der Waals surface area contributed by atoms with Crippen LogP contribution in [-0.4, -0.2) is 48.1 Å². The molecule has 0 bridgehead atoms. The van der Waals surface area contributed by atoms with Gasteiger partial charge in [-0.2, -0.15) is 0 Å². The maximum absolute atomic E-state index is 12.3. The molecule has 1 fully saturated rings. The molecule has 5 nitrogen and oxygen atoms in total. The maximum Gasteiger partial charge on any atom is 0.404 e. The molecule has 1 aromatic rings. The van der Waals surface area contributed by atoms with Crippen LogP contribution in [0.1, 0.15) is 61.0 Å². The van der Waals surface area contributed by atoms with E-state index in [1.165, 1.54) is 24.0 Å². The van der Waals surface area contributed by atoms with Crippen molar-refractivity contribution in [1.29, 1.82) is 0 Å². The SMILES string of the molecule is CC(C)C(=O)c1ccc2c(c1)CCN(CC1CCC(CNC(=O)O)CC1)CC2. The zero-order valence-corrected chi connectivity index (χ0v) is 17.2. The highest BCUT2D eigenvalue weighted by Crippen LogP contribution is 2.29. The third-order valence-electron chi connectivity index (χ3n) is 6.43. The standard InChI is InChI=1S/C23H34N2O3/c1-16(2)22(26)21-8-7-19-9-11-25(12-10-20(19)13-21)15-18-5-3-17(4-6-18)14-24-23(27)28/h7-8,13,16-18,24H,3-6,9-12,14-15H2,1-2H3,(H,27,28). The summed E-state index contributed by atoms with van der Waals surface area (Å²) < 4.78 is 0. The third kappa shape index (κ3) is 5.57. The summed E-state index contributed by atoms with van der Waals surface area (Å²) in [6, 6.07) is 6.29. The maximum atomic E-state index is 12.3. The molecule has 0 unspecified atom stereocenters. The lowest BCUT2D eigenvalue weighted by Gasteiger charge is -2.32. The average molecular weight is 387 g/mol. The predicted octanol–water partition coefficient (Wildman–Crippen LogP) is 4.00. The summed E-state index contributed by atoms with van der Waals surface area (Å²) in [5.41, 5.74) is 3.60. The van der Waals surface area contributed by atoms with Crippen LogP contribution < -0.4 is 5.32 Å². The Morgan fingerprint density at radius 2 is 1.71 bits per heavy atom. The number of carboxylic acid groups (broad SMARTS) is 1. The van der Waals surface area contributed by atoms with Gasteiger partial charge in [-0.3, -0.25) is 4.79 Å². The fraction of sp³-hybridized carbons (Fsp3) is 0.652. The summed E-state index contributed by atoms with van der Waals surface area (Å²) >= 11 is 0. The summed E-state index contributed by atoms with van der Waals surface area (Å²) in [7, 11) is 0. The number of carbonyl (C=O) groups excluding carboxylic acids is 1. The number of hydrogen-bond donors (Lipinski definition) is 2. The minimum absolute atomic E-state index is 0.0427. The first kappa shape index (κ1) is 20.8. The number of benzene rings is 1. The lowest BCUT2D eigenvalue weighted by Crippen LogP contribution is -2.35. The first-order valence-electron chi connectivity index (χ1n) is 10.8. The van der Waals surface area contributed by atoms with Crippen molar-refractivity contribution in [2.75, 3.05) is 26.2 Å². The molecule has 0 saturated heterocycles. The molecule has 1 heterocycles. The second-order valence-corrected chi connectivity index (χ2v) is 8.88. The molecule has 0 spiro atoms. The number of carbonyl (C=O) groups is 2. The van der Waals surface area contributed by atoms with Gasteiger partial charge >= 0.3 is 6.09 Å². The van der Waals surface area contributed by atoms with Gasteiger partial charge in [0.15, 0.2) is 5.78 Å². The molecule has 3 rings (SSSR count). The van der Waals surface area contributed by atoms with E-state index in [2.05, 4.69) is 22.3 Å². The second kappa shape index (κ2) is 9.55. The quantitative estimate of drug-likeness (QED) is 0.725. The van der Waals surface area contributed by atoms with Gasteiger partial charge in [0.2, 0.25) is 0 Å². The molecule has 1 aromatic carbocycles. The van der Waals surface area contributed by atoms with Crippen LogP contribution in [0.2, 0.25) is 0 Å². The fourth-order valence-electron chi connectivity index (χ4n) is 4.66. The number of Topliss-reactive ketones (excluding diaryl/α,β-unsaturated/α-hetero) is 1. The predicted molar refractivity (Wildman–Crippen MR) is 111 cm³/mol. The van der Waals surface area contributed by atoms with E-state index >= 15 is 0 Å². The molecular formula is C23H34N2O3. The number of nitrogens with one attached hydrogen (secondary N) is 1. The number of fused-ring (bicyclic) bond motifs is 1. The molecule has 2 aliphatic rings. The van der Waals surface area contributed by atoms with E-state index in [9.17, 15) is 9.59 Å². The molecular weight excluding hydrogens is 352 g/mol. The van der Waals surface area contributed by atoms with Crippen LogP contribution in [0.25, 0.3) is 0 Å². The van der Waals surface area contributed by atoms with Crippen molar-refractivity contribution in [1.82, 2.24) is 10.2 Å². The van der Waals surface area contributed by atoms with E-state index in [1.807, 2.05) is 19.9 Å². The lowest BCUT2D eigenvalue weighted by molar-refractivity contribution is 0.0939. The fourth-order valence-corrected chi connectivity index (χ4v) is 4.66. The Balaban J connectivity index is 1.49. The van der Waals surface area contributed by atoms with Gasteiger partial charge in [0.05, 0.1) is 0 Å². The lowest BCUT2D eigenvalue weighted by atomic mass is 9.81. The van der Waals surface area contributed by atoms with Gasteiger partial charge in [-0.05, 0) is 67.6 Å². The zero-order chi connectivity index (χ0) is 20.1. The van der Waals surface area contributed by atoms with E-state index < -0.39 is 6.09 Å². The molecule has 0 atom stereocenters. The van der Waals surface area contributed by atoms with Crippen molar-refractivity contribution in [3.8, 4) is 0 Å². The van der Waals surface area contributed by atoms with Gasteiger partial charge in [0.25, 0.3) is 0 Å². The Labute approximate surface area is 168 Å². The van der Waals surface area contributed by atoms with Crippen LogP contribution in [0.4, 0.5) is 4.79 Å². The summed E-state index contributed by atoms with van der Waals surface area (Å²) in [5, 5.41) is 11.3. The first-order chi connectivity index (χ1) is 13.4. The van der Waals surface area contributed by atoms with Gasteiger partial charge in [-0.25, -0.2) is 4.79 Å². The highest BCUT2D eigenvalue weighted by molar-refractivity contribution is 5.97. The normalized spacial score (nSPS) is 23.1. The Morgan fingerprint density at radius 3 is 2.36 bits per heavy atom. The molecule has 0 radical (unpaired) electrons. The van der Waals surface area contributed by atoms with Crippen molar-refractivity contribution >= 4 is 11.9 Å². The van der Waals surface area contributed by atoms with Gasteiger partial charge in [-0.1, -0.05) is 26.0 Å². The van der Waals surface area contributed by atoms with Crippen LogP contribution in [0.5, 0.6) is 0 Å². The number of rotatable bonds is 6. The number of nitrogens with zero attached hydrogens (tertiary/aromatic N) is 1. The van der Waals surface area contributed by atoms with Crippen molar-refractivity contribution in [2.45, 2.75) is 52.4 Å². The Morgan fingerprint density at radius 1 is 1.07 bits per heavy atom. The summed E-state index contributed by atoms with van der Waals surface area (Å²) in [5.74, 6) is 1.50. The molecule has 1 saturated carbocycles. The van der Waals surface area contributed by atoms with Gasteiger partial charge < -0.3 is 15.3 Å². The van der Waals surface area contributed by atoms with Crippen LogP contribution >= 0.6 is 0 Å². The number of ketones is 1. The molecule has 28 heavy (non-hydrogen) atoms. The summed E-state index contributed by atoms with van der Waals surface area (Å²) in [4.78, 5) is 25.5. The molecule has 2 N–H and O–H groups in total. The van der Waals surface area contributed by atoms with E-state index in [-0.39, 0.29) is 11.7 Å².